The fraction of sp³-hybridized carbons (Fsp3) is 0.0714. The first-order valence-electron chi connectivity index (χ1n) is 5.91. The van der Waals surface area contributed by atoms with Gasteiger partial charge in [-0.3, -0.25) is 9.78 Å². The van der Waals surface area contributed by atoms with Gasteiger partial charge in [0.2, 0.25) is 0 Å². The van der Waals surface area contributed by atoms with E-state index in [-0.39, 0.29) is 17.9 Å². The quantitative estimate of drug-likeness (QED) is 0.885. The zero-order valence-corrected chi connectivity index (χ0v) is 11.5. The van der Waals surface area contributed by atoms with Crippen molar-refractivity contribution in [3.05, 3.63) is 53.3 Å². The Morgan fingerprint density at radius 2 is 2.10 bits per heavy atom. The van der Waals surface area contributed by atoms with Crippen LogP contribution in [-0.2, 0) is 4.79 Å². The van der Waals surface area contributed by atoms with Gasteiger partial charge in [-0.05, 0) is 24.3 Å². The van der Waals surface area contributed by atoms with E-state index in [0.29, 0.717) is 10.8 Å². The Morgan fingerprint density at radius 1 is 1.29 bits per heavy atom. The van der Waals surface area contributed by atoms with Gasteiger partial charge in [0.1, 0.15) is 5.75 Å². The number of hydrogen-bond donors (Lipinski definition) is 2. The van der Waals surface area contributed by atoms with Crippen LogP contribution in [0, 0.1) is 0 Å². The number of carbonyl (C=O) groups is 2. The lowest BCUT2D eigenvalue weighted by atomic mass is 10.2. The monoisotopic (exact) mass is 306 g/mol. The highest BCUT2D eigenvalue weighted by Gasteiger charge is 2.08. The minimum Gasteiger partial charge on any atom is -0.484 e. The first-order valence-corrected chi connectivity index (χ1v) is 6.29. The number of hydrogen-bond acceptors (Lipinski definition) is 4. The van der Waals surface area contributed by atoms with E-state index in [0.717, 1.165) is 0 Å². The van der Waals surface area contributed by atoms with E-state index in [1.165, 1.54) is 18.5 Å². The number of carbonyl (C=O) groups excluding carboxylic acids is 1. The van der Waals surface area contributed by atoms with Crippen LogP contribution in [0.25, 0.3) is 0 Å². The van der Waals surface area contributed by atoms with Gasteiger partial charge >= 0.3 is 5.97 Å². The van der Waals surface area contributed by atoms with Crippen LogP contribution in [0.4, 0.5) is 5.69 Å². The summed E-state index contributed by atoms with van der Waals surface area (Å²) in [5.74, 6) is -1.08. The summed E-state index contributed by atoms with van der Waals surface area (Å²) >= 11 is 5.79. The van der Waals surface area contributed by atoms with Crippen LogP contribution in [0.2, 0.25) is 5.02 Å². The Labute approximate surface area is 125 Å². The zero-order chi connectivity index (χ0) is 15.2. The number of amides is 1. The molecule has 1 amide bonds. The SMILES string of the molecule is O=C(COc1cccc(Cl)c1)Nc1cncc(C(=O)O)c1. The molecule has 0 spiro atoms. The van der Waals surface area contributed by atoms with Crippen molar-refractivity contribution in [1.29, 1.82) is 0 Å². The largest absolute Gasteiger partial charge is 0.484 e. The lowest BCUT2D eigenvalue weighted by molar-refractivity contribution is -0.118. The van der Waals surface area contributed by atoms with E-state index in [4.69, 9.17) is 21.4 Å². The number of anilines is 1. The molecule has 2 N–H and O–H groups in total. The normalized spacial score (nSPS) is 9.95. The molecule has 0 aliphatic rings. The smallest absolute Gasteiger partial charge is 0.337 e. The standard InChI is InChI=1S/C14H11ClN2O4/c15-10-2-1-3-12(5-10)21-8-13(18)17-11-4-9(14(19)20)6-16-7-11/h1-7H,8H2,(H,17,18)(H,19,20). The van der Waals surface area contributed by atoms with E-state index in [1.54, 1.807) is 24.3 Å². The number of benzene rings is 1. The van der Waals surface area contributed by atoms with Crippen LogP contribution in [0.1, 0.15) is 10.4 Å². The Bertz CT molecular complexity index is 676. The lowest BCUT2D eigenvalue weighted by Crippen LogP contribution is -2.20. The molecule has 1 heterocycles. The molecule has 2 rings (SSSR count). The number of aromatic nitrogens is 1. The summed E-state index contributed by atoms with van der Waals surface area (Å²) in [6, 6.07) is 7.97. The van der Waals surface area contributed by atoms with Gasteiger partial charge < -0.3 is 15.2 Å². The first-order chi connectivity index (χ1) is 10.0. The highest BCUT2D eigenvalue weighted by atomic mass is 35.5. The average molecular weight is 307 g/mol. The lowest BCUT2D eigenvalue weighted by Gasteiger charge is -2.07. The fourth-order valence-electron chi connectivity index (χ4n) is 1.53. The van der Waals surface area contributed by atoms with Crippen molar-refractivity contribution in [2.45, 2.75) is 0 Å². The Kier molecular flexibility index (Phi) is 4.73. The summed E-state index contributed by atoms with van der Waals surface area (Å²) in [6.07, 6.45) is 2.55. The highest BCUT2D eigenvalue weighted by Crippen LogP contribution is 2.17. The second-order valence-electron chi connectivity index (χ2n) is 4.06. The predicted octanol–water partition coefficient (Wildman–Crippen LogP) is 2.45. The Hall–Kier alpha value is -2.60. The van der Waals surface area contributed by atoms with Crippen LogP contribution < -0.4 is 10.1 Å². The van der Waals surface area contributed by atoms with E-state index >= 15 is 0 Å². The van der Waals surface area contributed by atoms with Crippen molar-refractivity contribution in [1.82, 2.24) is 4.98 Å². The van der Waals surface area contributed by atoms with E-state index in [9.17, 15) is 9.59 Å². The van der Waals surface area contributed by atoms with Gasteiger partial charge in [-0.2, -0.15) is 0 Å². The van der Waals surface area contributed by atoms with Crippen molar-refractivity contribution in [3.63, 3.8) is 0 Å². The van der Waals surface area contributed by atoms with Crippen molar-refractivity contribution in [3.8, 4) is 5.75 Å². The summed E-state index contributed by atoms with van der Waals surface area (Å²) in [6.45, 7) is -0.225. The van der Waals surface area contributed by atoms with Gasteiger partial charge in [0.05, 0.1) is 17.4 Å². The van der Waals surface area contributed by atoms with Crippen LogP contribution in [0.3, 0.4) is 0 Å². The number of carboxylic acids is 1. The topological polar surface area (TPSA) is 88.5 Å². The van der Waals surface area contributed by atoms with Crippen molar-refractivity contribution in [2.24, 2.45) is 0 Å². The molecule has 0 bridgehead atoms. The zero-order valence-electron chi connectivity index (χ0n) is 10.7. The molecule has 7 heteroatoms. The molecule has 1 aromatic heterocycles. The Morgan fingerprint density at radius 3 is 2.81 bits per heavy atom. The number of halogens is 1. The fourth-order valence-corrected chi connectivity index (χ4v) is 1.71. The maximum atomic E-state index is 11.7. The second kappa shape index (κ2) is 6.71. The molecule has 6 nitrogen and oxygen atoms in total. The van der Waals surface area contributed by atoms with Crippen LogP contribution >= 0.6 is 11.6 Å². The van der Waals surface area contributed by atoms with Crippen molar-refractivity contribution >= 4 is 29.2 Å². The molecule has 108 valence electrons. The molecule has 0 aliphatic carbocycles. The van der Waals surface area contributed by atoms with Crippen LogP contribution in [0.15, 0.2) is 42.7 Å². The molecule has 0 saturated heterocycles. The van der Waals surface area contributed by atoms with Gasteiger partial charge in [0, 0.05) is 11.2 Å². The maximum absolute atomic E-state index is 11.7. The second-order valence-corrected chi connectivity index (χ2v) is 4.50. The number of pyridine rings is 1. The van der Waals surface area contributed by atoms with Gasteiger partial charge in [0.15, 0.2) is 6.61 Å². The minimum absolute atomic E-state index is 0.0106. The summed E-state index contributed by atoms with van der Waals surface area (Å²) in [5.41, 5.74) is 0.276. The third kappa shape index (κ3) is 4.47. The third-order valence-corrected chi connectivity index (χ3v) is 2.67. The molecule has 2 aromatic rings. The van der Waals surface area contributed by atoms with Crippen molar-refractivity contribution in [2.75, 3.05) is 11.9 Å². The summed E-state index contributed by atoms with van der Waals surface area (Å²) < 4.78 is 5.27. The van der Waals surface area contributed by atoms with Crippen LogP contribution in [0.5, 0.6) is 5.75 Å². The molecule has 0 fully saturated rings. The summed E-state index contributed by atoms with van der Waals surface area (Å²) in [7, 11) is 0. The molecular formula is C14H11ClN2O4. The summed E-state index contributed by atoms with van der Waals surface area (Å²) in [5, 5.41) is 11.8. The number of carboxylic acid groups (broad SMARTS) is 1. The minimum atomic E-state index is -1.12. The number of ether oxygens (including phenoxy) is 1. The molecule has 0 radical (unpaired) electrons. The molecule has 0 unspecified atom stereocenters. The van der Waals surface area contributed by atoms with Gasteiger partial charge in [-0.25, -0.2) is 4.79 Å². The van der Waals surface area contributed by atoms with E-state index in [1.807, 2.05) is 0 Å². The molecule has 1 aromatic carbocycles. The molecule has 0 saturated carbocycles. The molecule has 0 aliphatic heterocycles. The number of nitrogens with zero attached hydrogens (tertiary/aromatic N) is 1. The van der Waals surface area contributed by atoms with Crippen molar-refractivity contribution < 1.29 is 19.4 Å². The number of nitrogens with one attached hydrogen (secondary N) is 1. The first kappa shape index (κ1) is 14.8. The maximum Gasteiger partial charge on any atom is 0.337 e. The van der Waals surface area contributed by atoms with Crippen LogP contribution in [-0.4, -0.2) is 28.6 Å². The third-order valence-electron chi connectivity index (χ3n) is 2.43. The predicted molar refractivity (Wildman–Crippen MR) is 76.8 cm³/mol. The molecule has 21 heavy (non-hydrogen) atoms. The summed E-state index contributed by atoms with van der Waals surface area (Å²) in [4.78, 5) is 26.2. The van der Waals surface area contributed by atoms with Gasteiger partial charge in [-0.1, -0.05) is 17.7 Å². The van der Waals surface area contributed by atoms with Gasteiger partial charge in [0.25, 0.3) is 5.91 Å². The Balaban J connectivity index is 1.93. The number of aromatic carboxylic acids is 1. The number of rotatable bonds is 5. The van der Waals surface area contributed by atoms with E-state index < -0.39 is 11.9 Å². The van der Waals surface area contributed by atoms with E-state index in [2.05, 4.69) is 10.3 Å². The highest BCUT2D eigenvalue weighted by molar-refractivity contribution is 6.30. The average Bonchev–Trinajstić information content (AvgIpc) is 2.45. The molecular weight excluding hydrogens is 296 g/mol. The molecule has 0 atom stereocenters. The van der Waals surface area contributed by atoms with Gasteiger partial charge in [-0.15, -0.1) is 0 Å².